The molecule has 0 saturated carbocycles. The van der Waals surface area contributed by atoms with E-state index in [2.05, 4.69) is 174 Å². The first kappa shape index (κ1) is 33.6. The van der Waals surface area contributed by atoms with Crippen LogP contribution in [0.5, 0.6) is 0 Å². The third kappa shape index (κ3) is 5.32. The van der Waals surface area contributed by atoms with Crippen LogP contribution in [0.4, 0.5) is 0 Å². The van der Waals surface area contributed by atoms with E-state index in [1.165, 1.54) is 21.8 Å². The molecule has 0 aliphatic carbocycles. The highest BCUT2D eigenvalue weighted by molar-refractivity contribution is 6.15. The van der Waals surface area contributed by atoms with Crippen molar-refractivity contribution in [3.63, 3.8) is 0 Å². The van der Waals surface area contributed by atoms with Gasteiger partial charge >= 0.3 is 0 Å². The van der Waals surface area contributed by atoms with Crippen molar-refractivity contribution in [2.24, 2.45) is 0 Å². The summed E-state index contributed by atoms with van der Waals surface area (Å²) < 4.78 is 15.4. The summed E-state index contributed by atoms with van der Waals surface area (Å²) in [5.41, 5.74) is 11.5. The highest BCUT2D eigenvalue weighted by Gasteiger charge is 2.19. The van der Waals surface area contributed by atoms with E-state index in [1.807, 2.05) is 24.3 Å². The van der Waals surface area contributed by atoms with Gasteiger partial charge in [0.15, 0.2) is 17.5 Å². The molecular formula is C55H32N4O2. The molecule has 61 heavy (non-hydrogen) atoms. The summed E-state index contributed by atoms with van der Waals surface area (Å²) in [5.74, 6) is 1.71. The van der Waals surface area contributed by atoms with Crippen molar-refractivity contribution in [2.45, 2.75) is 0 Å². The molecule has 0 aliphatic rings. The van der Waals surface area contributed by atoms with E-state index in [0.29, 0.717) is 17.5 Å². The molecule has 0 unspecified atom stereocenters. The summed E-state index contributed by atoms with van der Waals surface area (Å²) in [6, 6.07) is 67.5. The first-order valence-electron chi connectivity index (χ1n) is 20.4. The largest absolute Gasteiger partial charge is 0.456 e. The Bertz CT molecular complexity index is 3900. The minimum Gasteiger partial charge on any atom is -0.456 e. The Balaban J connectivity index is 0.956. The van der Waals surface area contributed by atoms with Crippen LogP contribution in [0.1, 0.15) is 0 Å². The van der Waals surface area contributed by atoms with Crippen LogP contribution < -0.4 is 0 Å². The molecular weight excluding hydrogens is 749 g/mol. The maximum Gasteiger partial charge on any atom is 0.164 e. The SMILES string of the molecule is c1ccc(-n2c3ccccc3c3cccc(-c4ccc5c(c4)oc4cc(-c6nc(-c7ccc8ccccc8c7)nc(-c7ccc8c(c7)oc7ccccc78)n6)ccc45)c32)cc1. The van der Waals surface area contributed by atoms with Gasteiger partial charge in [-0.1, -0.05) is 127 Å². The van der Waals surface area contributed by atoms with Crippen LogP contribution >= 0.6 is 0 Å². The molecule has 0 radical (unpaired) electrons. The Kier molecular flexibility index (Phi) is 7.21. The molecule has 0 atom stereocenters. The van der Waals surface area contributed by atoms with E-state index in [4.69, 9.17) is 23.8 Å². The molecule has 0 saturated heterocycles. The van der Waals surface area contributed by atoms with Crippen LogP contribution in [0.2, 0.25) is 0 Å². The fourth-order valence-electron chi connectivity index (χ4n) is 9.14. The van der Waals surface area contributed by atoms with Gasteiger partial charge in [0.1, 0.15) is 22.3 Å². The van der Waals surface area contributed by atoms with Crippen molar-refractivity contribution in [3.8, 4) is 51.0 Å². The molecule has 13 aromatic rings. The van der Waals surface area contributed by atoms with Gasteiger partial charge in [0.25, 0.3) is 0 Å². The van der Waals surface area contributed by atoms with E-state index in [1.54, 1.807) is 0 Å². The van der Waals surface area contributed by atoms with Crippen molar-refractivity contribution in [3.05, 3.63) is 194 Å². The van der Waals surface area contributed by atoms with E-state index < -0.39 is 0 Å². The van der Waals surface area contributed by atoms with Crippen molar-refractivity contribution in [1.82, 2.24) is 19.5 Å². The van der Waals surface area contributed by atoms with Crippen LogP contribution in [0.3, 0.4) is 0 Å². The molecule has 0 spiro atoms. The van der Waals surface area contributed by atoms with E-state index in [0.717, 1.165) is 88.2 Å². The minimum absolute atomic E-state index is 0.557. The van der Waals surface area contributed by atoms with Gasteiger partial charge in [-0.05, 0) is 83.1 Å². The van der Waals surface area contributed by atoms with Gasteiger partial charge in [0.05, 0.1) is 11.0 Å². The fourth-order valence-corrected chi connectivity index (χ4v) is 9.14. The average molecular weight is 781 g/mol. The number of rotatable bonds is 5. The number of benzene rings is 9. The van der Waals surface area contributed by atoms with Crippen LogP contribution in [-0.2, 0) is 0 Å². The Labute approximate surface area is 348 Å². The summed E-state index contributed by atoms with van der Waals surface area (Å²) in [6.45, 7) is 0. The standard InChI is InChI=1S/C55H32N4O2/c1-2-13-39(14-3-1)59-47-19-8-6-15-41(47)46-18-10-17-40(52(46)59)35-23-26-44-45-28-25-38(32-51(45)61-49(44)30-35)55-57-53(36-22-21-33-11-4-5-12-34(33)29-36)56-54(58-55)37-24-27-43-42-16-7-9-20-48(42)60-50(43)31-37/h1-32H. The molecule has 6 nitrogen and oxygen atoms in total. The second kappa shape index (κ2) is 13.1. The third-order valence-corrected chi connectivity index (χ3v) is 12.0. The number of para-hydroxylation sites is 4. The Morgan fingerprint density at radius 2 is 0.836 bits per heavy atom. The molecule has 0 bridgehead atoms. The summed E-state index contributed by atoms with van der Waals surface area (Å²) in [5, 5.41) is 8.92. The van der Waals surface area contributed by atoms with Gasteiger partial charge in [0.2, 0.25) is 0 Å². The Morgan fingerprint density at radius 1 is 0.328 bits per heavy atom. The molecule has 4 heterocycles. The number of furan rings is 2. The lowest BCUT2D eigenvalue weighted by Gasteiger charge is -2.11. The lowest BCUT2D eigenvalue weighted by Crippen LogP contribution is -2.00. The molecule has 0 aliphatic heterocycles. The average Bonchev–Trinajstić information content (AvgIpc) is 4.00. The molecule has 13 rings (SSSR count). The predicted molar refractivity (Wildman–Crippen MR) is 248 cm³/mol. The van der Waals surface area contributed by atoms with Crippen LogP contribution in [-0.4, -0.2) is 19.5 Å². The summed E-state index contributed by atoms with van der Waals surface area (Å²) in [7, 11) is 0. The Hall–Kier alpha value is -8.35. The molecule has 284 valence electrons. The van der Waals surface area contributed by atoms with Crippen molar-refractivity contribution in [1.29, 1.82) is 0 Å². The van der Waals surface area contributed by atoms with Crippen LogP contribution in [0, 0.1) is 0 Å². The number of nitrogens with zero attached hydrogens (tertiary/aromatic N) is 4. The summed E-state index contributed by atoms with van der Waals surface area (Å²) in [6.07, 6.45) is 0. The van der Waals surface area contributed by atoms with E-state index in [-0.39, 0.29) is 0 Å². The van der Waals surface area contributed by atoms with Gasteiger partial charge in [-0.15, -0.1) is 0 Å². The van der Waals surface area contributed by atoms with E-state index in [9.17, 15) is 0 Å². The van der Waals surface area contributed by atoms with Crippen molar-refractivity contribution in [2.75, 3.05) is 0 Å². The van der Waals surface area contributed by atoms with Crippen LogP contribution in [0.25, 0.3) is 127 Å². The summed E-state index contributed by atoms with van der Waals surface area (Å²) >= 11 is 0. The lowest BCUT2D eigenvalue weighted by atomic mass is 10.00. The fraction of sp³-hybridized carbons (Fsp3) is 0. The highest BCUT2D eigenvalue weighted by atomic mass is 16.3. The minimum atomic E-state index is 0.557. The first-order chi connectivity index (χ1) is 30.2. The summed E-state index contributed by atoms with van der Waals surface area (Å²) in [4.78, 5) is 15.3. The topological polar surface area (TPSA) is 69.9 Å². The maximum absolute atomic E-state index is 6.73. The number of hydrogen-bond donors (Lipinski definition) is 0. The van der Waals surface area contributed by atoms with Crippen molar-refractivity contribution < 1.29 is 8.83 Å². The van der Waals surface area contributed by atoms with Gasteiger partial charge in [-0.3, -0.25) is 0 Å². The monoisotopic (exact) mass is 780 g/mol. The maximum atomic E-state index is 6.73. The second-order valence-corrected chi connectivity index (χ2v) is 15.6. The number of aromatic nitrogens is 4. The first-order valence-corrected chi connectivity index (χ1v) is 20.4. The predicted octanol–water partition coefficient (Wildman–Crippen LogP) is 14.6. The number of fused-ring (bicyclic) bond motifs is 10. The molecule has 0 fully saturated rings. The smallest absolute Gasteiger partial charge is 0.164 e. The molecule has 6 heteroatoms. The third-order valence-electron chi connectivity index (χ3n) is 12.0. The normalized spacial score (nSPS) is 11.9. The molecule has 0 N–H and O–H groups in total. The zero-order valence-corrected chi connectivity index (χ0v) is 32.6. The second-order valence-electron chi connectivity index (χ2n) is 15.6. The molecule has 9 aromatic carbocycles. The van der Waals surface area contributed by atoms with E-state index >= 15 is 0 Å². The zero-order valence-electron chi connectivity index (χ0n) is 32.6. The molecule has 0 amide bonds. The van der Waals surface area contributed by atoms with Crippen molar-refractivity contribution >= 4 is 76.5 Å². The van der Waals surface area contributed by atoms with Gasteiger partial charge < -0.3 is 13.4 Å². The molecule has 4 aromatic heterocycles. The lowest BCUT2D eigenvalue weighted by molar-refractivity contribution is 0.669. The van der Waals surface area contributed by atoms with Crippen LogP contribution in [0.15, 0.2) is 203 Å². The zero-order chi connectivity index (χ0) is 40.0. The van der Waals surface area contributed by atoms with Gasteiger partial charge in [0, 0.05) is 60.3 Å². The Morgan fingerprint density at radius 3 is 1.56 bits per heavy atom. The van der Waals surface area contributed by atoms with Gasteiger partial charge in [-0.2, -0.15) is 0 Å². The number of hydrogen-bond acceptors (Lipinski definition) is 5. The highest BCUT2D eigenvalue weighted by Crippen LogP contribution is 2.41. The quantitative estimate of drug-likeness (QED) is 0.174. The van der Waals surface area contributed by atoms with Gasteiger partial charge in [-0.25, -0.2) is 15.0 Å².